The molecule has 0 fully saturated rings. The summed E-state index contributed by atoms with van der Waals surface area (Å²) in [5, 5.41) is 0. The van der Waals surface area contributed by atoms with Crippen molar-refractivity contribution in [3.8, 4) is 0 Å². The molecule has 0 saturated carbocycles. The van der Waals surface area contributed by atoms with Crippen molar-refractivity contribution in [3.05, 3.63) is 24.0 Å². The summed E-state index contributed by atoms with van der Waals surface area (Å²) in [5.41, 5.74) is 11.2. The van der Waals surface area contributed by atoms with Crippen LogP contribution in [0.3, 0.4) is 0 Å². The molecule has 0 radical (unpaired) electrons. The van der Waals surface area contributed by atoms with Crippen molar-refractivity contribution in [2.45, 2.75) is 24.8 Å². The molecule has 98 valence electrons. The van der Waals surface area contributed by atoms with Crippen molar-refractivity contribution in [2.75, 3.05) is 12.3 Å². The standard InChI is InChI=1S/C12H17N3O2S/c1-9(16)10-5-11(18-4-2-3-13)7-15(6-10)8-12(14)17/h5-7H,2-4,8,13H2,1H3,(H-,14,17)/p+1. The maximum Gasteiger partial charge on any atom is 0.283 e. The maximum absolute atomic E-state index is 11.4. The fourth-order valence-corrected chi connectivity index (χ4v) is 2.39. The zero-order chi connectivity index (χ0) is 13.5. The Hall–Kier alpha value is -1.40. The van der Waals surface area contributed by atoms with Crippen LogP contribution in [0.4, 0.5) is 0 Å². The van der Waals surface area contributed by atoms with Crippen LogP contribution >= 0.6 is 11.8 Å². The second kappa shape index (κ2) is 7.13. The normalized spacial score (nSPS) is 10.3. The molecular weight excluding hydrogens is 250 g/mol. The van der Waals surface area contributed by atoms with Crippen LogP contribution in [0.1, 0.15) is 23.7 Å². The summed E-state index contributed by atoms with van der Waals surface area (Å²) in [7, 11) is 0. The van der Waals surface area contributed by atoms with E-state index in [0.29, 0.717) is 12.1 Å². The molecule has 0 aliphatic carbocycles. The van der Waals surface area contributed by atoms with Gasteiger partial charge in [0.2, 0.25) is 6.54 Å². The quantitative estimate of drug-likeness (QED) is 0.318. The number of nitrogens with zero attached hydrogens (tertiary/aromatic N) is 1. The first-order valence-electron chi connectivity index (χ1n) is 5.69. The van der Waals surface area contributed by atoms with E-state index in [4.69, 9.17) is 11.5 Å². The molecule has 0 atom stereocenters. The number of carbonyl (C=O) groups excluding carboxylic acids is 2. The van der Waals surface area contributed by atoms with Crippen molar-refractivity contribution in [3.63, 3.8) is 0 Å². The van der Waals surface area contributed by atoms with Gasteiger partial charge in [0.1, 0.15) is 0 Å². The minimum atomic E-state index is -0.432. The fourth-order valence-electron chi connectivity index (χ4n) is 1.42. The van der Waals surface area contributed by atoms with Gasteiger partial charge in [-0.05, 0) is 31.7 Å². The molecule has 18 heavy (non-hydrogen) atoms. The zero-order valence-electron chi connectivity index (χ0n) is 10.4. The number of amides is 1. The number of nitrogens with two attached hydrogens (primary N) is 2. The summed E-state index contributed by atoms with van der Waals surface area (Å²) in [4.78, 5) is 23.3. The molecule has 4 N–H and O–H groups in total. The van der Waals surface area contributed by atoms with Gasteiger partial charge in [-0.2, -0.15) is 4.57 Å². The number of Topliss-reactive ketones (excluding diaryl/α,β-unsaturated/α-hetero) is 1. The van der Waals surface area contributed by atoms with E-state index in [-0.39, 0.29) is 12.3 Å². The molecule has 0 aromatic carbocycles. The number of aromatic nitrogens is 1. The van der Waals surface area contributed by atoms with Crippen LogP contribution in [0.25, 0.3) is 0 Å². The number of rotatable bonds is 7. The summed E-state index contributed by atoms with van der Waals surface area (Å²) in [5.74, 6) is 0.419. The lowest BCUT2D eigenvalue weighted by atomic mass is 10.2. The Morgan fingerprint density at radius 3 is 2.67 bits per heavy atom. The third kappa shape index (κ3) is 4.85. The molecule has 0 aliphatic heterocycles. The largest absolute Gasteiger partial charge is 0.364 e. The molecule has 1 amide bonds. The van der Waals surface area contributed by atoms with Crippen molar-refractivity contribution >= 4 is 23.5 Å². The summed E-state index contributed by atoms with van der Waals surface area (Å²) < 4.78 is 1.64. The third-order valence-corrected chi connectivity index (χ3v) is 3.31. The number of hydrogen-bond donors (Lipinski definition) is 2. The van der Waals surface area contributed by atoms with Crippen molar-refractivity contribution in [1.29, 1.82) is 0 Å². The van der Waals surface area contributed by atoms with Crippen LogP contribution in [0, 0.1) is 0 Å². The second-order valence-electron chi connectivity index (χ2n) is 3.95. The molecule has 5 nitrogen and oxygen atoms in total. The van der Waals surface area contributed by atoms with Gasteiger partial charge in [0.15, 0.2) is 18.2 Å². The summed E-state index contributed by atoms with van der Waals surface area (Å²) in [6, 6.07) is 1.82. The predicted molar refractivity (Wildman–Crippen MR) is 70.2 cm³/mol. The fraction of sp³-hybridized carbons (Fsp3) is 0.417. The highest BCUT2D eigenvalue weighted by Crippen LogP contribution is 2.18. The predicted octanol–water partition coefficient (Wildman–Crippen LogP) is 0.103. The molecule has 1 heterocycles. The number of carbonyl (C=O) groups is 2. The summed E-state index contributed by atoms with van der Waals surface area (Å²) >= 11 is 1.61. The van der Waals surface area contributed by atoms with E-state index >= 15 is 0 Å². The van der Waals surface area contributed by atoms with Gasteiger partial charge in [-0.25, -0.2) is 0 Å². The topological polar surface area (TPSA) is 90.1 Å². The van der Waals surface area contributed by atoms with Gasteiger partial charge in [0.05, 0.1) is 10.5 Å². The lowest BCUT2D eigenvalue weighted by molar-refractivity contribution is -0.686. The smallest absolute Gasteiger partial charge is 0.283 e. The number of ketones is 1. The third-order valence-electron chi connectivity index (χ3n) is 2.26. The van der Waals surface area contributed by atoms with Crippen molar-refractivity contribution < 1.29 is 14.2 Å². The van der Waals surface area contributed by atoms with Crippen molar-refractivity contribution in [1.82, 2.24) is 0 Å². The number of pyridine rings is 1. The van der Waals surface area contributed by atoms with Gasteiger partial charge in [-0.1, -0.05) is 0 Å². The van der Waals surface area contributed by atoms with E-state index in [1.54, 1.807) is 22.5 Å². The van der Waals surface area contributed by atoms with Gasteiger partial charge in [-0.15, -0.1) is 11.8 Å². The minimum absolute atomic E-state index is 0.0329. The average Bonchev–Trinajstić information content (AvgIpc) is 2.28. The number of thioether (sulfide) groups is 1. The maximum atomic E-state index is 11.4. The molecule has 0 saturated heterocycles. The van der Waals surface area contributed by atoms with Gasteiger partial charge in [-0.3, -0.25) is 9.59 Å². The second-order valence-corrected chi connectivity index (χ2v) is 5.11. The number of primary amides is 1. The molecule has 0 bridgehead atoms. The summed E-state index contributed by atoms with van der Waals surface area (Å²) in [6.07, 6.45) is 4.36. The lowest BCUT2D eigenvalue weighted by Gasteiger charge is -2.02. The van der Waals surface area contributed by atoms with Gasteiger partial charge < -0.3 is 11.5 Å². The van der Waals surface area contributed by atoms with E-state index in [2.05, 4.69) is 0 Å². The molecule has 0 spiro atoms. The lowest BCUT2D eigenvalue weighted by Crippen LogP contribution is -2.41. The van der Waals surface area contributed by atoms with Gasteiger partial charge >= 0.3 is 0 Å². The molecule has 1 aromatic heterocycles. The Morgan fingerprint density at radius 2 is 2.11 bits per heavy atom. The van der Waals surface area contributed by atoms with Gasteiger partial charge in [0.25, 0.3) is 5.91 Å². The molecule has 0 aliphatic rings. The zero-order valence-corrected chi connectivity index (χ0v) is 11.2. The van der Waals surface area contributed by atoms with Crippen LogP contribution in [-0.4, -0.2) is 24.0 Å². The minimum Gasteiger partial charge on any atom is -0.364 e. The highest BCUT2D eigenvalue weighted by Gasteiger charge is 2.13. The SMILES string of the molecule is CC(=O)c1cc(SCCCN)c[n+](CC(N)=O)c1. The first-order chi connectivity index (χ1) is 8.52. The highest BCUT2D eigenvalue weighted by atomic mass is 32.2. The molecule has 0 unspecified atom stereocenters. The first-order valence-corrected chi connectivity index (χ1v) is 6.67. The Morgan fingerprint density at radius 1 is 1.39 bits per heavy atom. The van der Waals surface area contributed by atoms with E-state index in [9.17, 15) is 9.59 Å². The van der Waals surface area contributed by atoms with Gasteiger partial charge in [0, 0.05) is 0 Å². The monoisotopic (exact) mass is 268 g/mol. The highest BCUT2D eigenvalue weighted by molar-refractivity contribution is 7.99. The average molecular weight is 268 g/mol. The van der Waals surface area contributed by atoms with Crippen LogP contribution in [0.2, 0.25) is 0 Å². The first kappa shape index (κ1) is 14.7. The van der Waals surface area contributed by atoms with Crippen LogP contribution in [0.5, 0.6) is 0 Å². The van der Waals surface area contributed by atoms with Crippen LogP contribution in [0.15, 0.2) is 23.4 Å². The van der Waals surface area contributed by atoms with E-state index in [0.717, 1.165) is 17.1 Å². The Bertz CT molecular complexity index is 449. The molecule has 1 rings (SSSR count). The molecule has 6 heteroatoms. The van der Waals surface area contributed by atoms with E-state index < -0.39 is 5.91 Å². The number of hydrogen-bond acceptors (Lipinski definition) is 4. The Labute approximate surface area is 111 Å². The Balaban J connectivity index is 2.90. The summed E-state index contributed by atoms with van der Waals surface area (Å²) in [6.45, 7) is 2.21. The van der Waals surface area contributed by atoms with E-state index in [1.807, 2.05) is 12.3 Å². The van der Waals surface area contributed by atoms with Crippen LogP contribution in [-0.2, 0) is 11.3 Å². The molecule has 1 aromatic rings. The van der Waals surface area contributed by atoms with E-state index in [1.165, 1.54) is 6.92 Å². The van der Waals surface area contributed by atoms with Crippen LogP contribution < -0.4 is 16.0 Å². The molecular formula is C12H18N3O2S+. The Kier molecular flexibility index (Phi) is 5.80. The van der Waals surface area contributed by atoms with Crippen molar-refractivity contribution in [2.24, 2.45) is 11.5 Å².